The highest BCUT2D eigenvalue weighted by molar-refractivity contribution is 6.11. The molecule has 7 heteroatoms. The average Bonchev–Trinajstić information content (AvgIpc) is 2.62. The van der Waals surface area contributed by atoms with E-state index in [4.69, 9.17) is 5.73 Å². The fourth-order valence-corrected chi connectivity index (χ4v) is 2.77. The molecule has 3 aromatic rings. The summed E-state index contributed by atoms with van der Waals surface area (Å²) in [7, 11) is 0. The van der Waals surface area contributed by atoms with Crippen LogP contribution in [0.1, 0.15) is 34.1 Å². The van der Waals surface area contributed by atoms with Gasteiger partial charge in [-0.05, 0) is 39.0 Å². The lowest BCUT2D eigenvalue weighted by Crippen LogP contribution is -2.13. The highest BCUT2D eigenvalue weighted by atomic mass is 16.4. The molecular weight excluding hydrogens is 342 g/mol. The summed E-state index contributed by atoms with van der Waals surface area (Å²) in [6.07, 6.45) is 0. The van der Waals surface area contributed by atoms with Crippen LogP contribution in [0, 0.1) is 13.8 Å². The zero-order chi connectivity index (χ0) is 19.6. The number of carbonyl (C=O) groups is 1. The Bertz CT molecular complexity index is 1100. The van der Waals surface area contributed by atoms with Gasteiger partial charge in [0.2, 0.25) is 5.96 Å². The van der Waals surface area contributed by atoms with Crippen LogP contribution >= 0.6 is 0 Å². The Kier molecular flexibility index (Phi) is 4.94. The molecule has 0 aliphatic heterocycles. The number of fused-ring (bicyclic) bond motifs is 1. The lowest BCUT2D eigenvalue weighted by Gasteiger charge is -2.06. The van der Waals surface area contributed by atoms with E-state index in [1.54, 1.807) is 25.1 Å². The van der Waals surface area contributed by atoms with Crippen LogP contribution in [0.15, 0.2) is 52.4 Å². The van der Waals surface area contributed by atoms with Gasteiger partial charge in [-0.3, -0.25) is 0 Å². The average molecular weight is 361 g/mol. The van der Waals surface area contributed by atoms with Crippen LogP contribution in [0.4, 0.5) is 5.95 Å². The van der Waals surface area contributed by atoms with Crippen molar-refractivity contribution in [2.24, 2.45) is 15.7 Å². The minimum atomic E-state index is -1.03. The van der Waals surface area contributed by atoms with Gasteiger partial charge < -0.3 is 10.8 Å². The summed E-state index contributed by atoms with van der Waals surface area (Å²) in [5, 5.41) is 10.3. The van der Waals surface area contributed by atoms with Gasteiger partial charge in [0.05, 0.1) is 16.8 Å². The molecule has 0 aliphatic carbocycles. The van der Waals surface area contributed by atoms with Crippen LogP contribution in [0.25, 0.3) is 10.9 Å². The predicted molar refractivity (Wildman–Crippen MR) is 106 cm³/mol. The van der Waals surface area contributed by atoms with Crippen molar-refractivity contribution in [3.8, 4) is 0 Å². The number of guanidine groups is 1. The van der Waals surface area contributed by atoms with Gasteiger partial charge in [-0.2, -0.15) is 4.99 Å². The molecule has 3 rings (SSSR count). The van der Waals surface area contributed by atoms with E-state index in [-0.39, 0.29) is 17.5 Å². The first-order valence-corrected chi connectivity index (χ1v) is 8.32. The van der Waals surface area contributed by atoms with E-state index in [1.165, 1.54) is 6.07 Å². The first-order chi connectivity index (χ1) is 12.8. The van der Waals surface area contributed by atoms with Crippen LogP contribution in [0.3, 0.4) is 0 Å². The molecule has 0 saturated heterocycles. The molecule has 1 heterocycles. The molecule has 0 atom stereocenters. The van der Waals surface area contributed by atoms with Crippen molar-refractivity contribution in [2.45, 2.75) is 20.8 Å². The van der Waals surface area contributed by atoms with Gasteiger partial charge >= 0.3 is 5.97 Å². The number of aromatic carboxylic acids is 1. The molecule has 7 nitrogen and oxygen atoms in total. The highest BCUT2D eigenvalue weighted by Crippen LogP contribution is 2.20. The Hall–Kier alpha value is -3.61. The van der Waals surface area contributed by atoms with E-state index >= 15 is 0 Å². The van der Waals surface area contributed by atoms with Crippen molar-refractivity contribution >= 4 is 34.5 Å². The van der Waals surface area contributed by atoms with Crippen molar-refractivity contribution in [1.82, 2.24) is 9.97 Å². The summed E-state index contributed by atoms with van der Waals surface area (Å²) in [5.74, 6) is -0.859. The number of aromatic nitrogens is 2. The number of hydrogen-bond acceptors (Lipinski definition) is 4. The van der Waals surface area contributed by atoms with Crippen molar-refractivity contribution in [3.05, 3.63) is 64.8 Å². The Balaban J connectivity index is 1.98. The maximum Gasteiger partial charge on any atom is 0.336 e. The predicted octanol–water partition coefficient (Wildman–Crippen LogP) is 3.40. The molecular formula is C20H19N5O2. The molecule has 0 saturated carbocycles. The third-order valence-corrected chi connectivity index (χ3v) is 4.07. The summed E-state index contributed by atoms with van der Waals surface area (Å²) < 4.78 is 0. The molecule has 1 aromatic heterocycles. The first kappa shape index (κ1) is 18.2. The second-order valence-electron chi connectivity index (χ2n) is 6.15. The van der Waals surface area contributed by atoms with Gasteiger partial charge in [-0.15, -0.1) is 0 Å². The van der Waals surface area contributed by atoms with Gasteiger partial charge in [-0.1, -0.05) is 29.8 Å². The van der Waals surface area contributed by atoms with Gasteiger partial charge in [0.25, 0.3) is 5.95 Å². The summed E-state index contributed by atoms with van der Waals surface area (Å²) in [5.41, 5.74) is 9.70. The van der Waals surface area contributed by atoms with Crippen LogP contribution < -0.4 is 5.73 Å². The molecule has 3 N–H and O–H groups in total. The first-order valence-electron chi connectivity index (χ1n) is 8.32. The van der Waals surface area contributed by atoms with E-state index in [1.807, 2.05) is 32.0 Å². The van der Waals surface area contributed by atoms with Crippen molar-refractivity contribution in [3.63, 3.8) is 0 Å². The Morgan fingerprint density at radius 3 is 2.48 bits per heavy atom. The van der Waals surface area contributed by atoms with Gasteiger partial charge in [0, 0.05) is 16.7 Å². The molecule has 0 radical (unpaired) electrons. The molecule has 2 aromatic carbocycles. The summed E-state index contributed by atoms with van der Waals surface area (Å²) in [4.78, 5) is 28.5. The molecule has 136 valence electrons. The number of hydrogen-bond donors (Lipinski definition) is 2. The minimum Gasteiger partial charge on any atom is -0.478 e. The van der Waals surface area contributed by atoms with Crippen LogP contribution in [-0.4, -0.2) is 32.7 Å². The van der Waals surface area contributed by atoms with Crippen molar-refractivity contribution < 1.29 is 9.90 Å². The number of benzene rings is 2. The smallest absolute Gasteiger partial charge is 0.336 e. The number of carboxylic acids is 1. The fraction of sp³-hybridized carbons (Fsp3) is 0.150. The summed E-state index contributed by atoms with van der Waals surface area (Å²) in [6, 6.07) is 12.5. The number of aryl methyl sites for hydroxylation is 2. The van der Waals surface area contributed by atoms with E-state index < -0.39 is 5.97 Å². The van der Waals surface area contributed by atoms with E-state index in [2.05, 4.69) is 20.0 Å². The van der Waals surface area contributed by atoms with Crippen LogP contribution in [-0.2, 0) is 0 Å². The normalized spacial score (nSPS) is 12.4. The number of rotatable bonds is 3. The molecule has 27 heavy (non-hydrogen) atoms. The molecule has 0 unspecified atom stereocenters. The lowest BCUT2D eigenvalue weighted by atomic mass is 10.0. The summed E-state index contributed by atoms with van der Waals surface area (Å²) >= 11 is 0. The molecule has 0 aliphatic rings. The maximum absolute atomic E-state index is 11.4. The van der Waals surface area contributed by atoms with Gasteiger partial charge in [0.1, 0.15) is 0 Å². The third-order valence-electron chi connectivity index (χ3n) is 4.07. The number of nitrogens with zero attached hydrogens (tertiary/aromatic N) is 4. The van der Waals surface area contributed by atoms with Crippen LogP contribution in [0.2, 0.25) is 0 Å². The second-order valence-corrected chi connectivity index (χ2v) is 6.15. The third kappa shape index (κ3) is 3.98. The Labute approximate surface area is 156 Å². The standard InChI is InChI=1S/C20H19N5O2/c1-11-8-9-17-16(10-11)13(3)23-20(24-17)25-19(21)22-12(2)14-6-4-5-7-15(14)18(26)27/h4-10H,1-3H3,(H,26,27)(H2,21,23,24,25). The Morgan fingerprint density at radius 2 is 1.78 bits per heavy atom. The minimum absolute atomic E-state index is 0.0430. The quantitative estimate of drug-likeness (QED) is 0.548. The zero-order valence-electron chi connectivity index (χ0n) is 15.3. The van der Waals surface area contributed by atoms with Crippen LogP contribution in [0.5, 0.6) is 0 Å². The molecule has 0 fully saturated rings. The topological polar surface area (TPSA) is 114 Å². The monoisotopic (exact) mass is 361 g/mol. The number of aliphatic imine (C=N–C) groups is 2. The SMILES string of the molecule is CC(=N/C(N)=N/c1nc(C)c2cc(C)ccc2n1)c1ccccc1C(=O)O. The van der Waals surface area contributed by atoms with Gasteiger partial charge in [-0.25, -0.2) is 19.8 Å². The zero-order valence-corrected chi connectivity index (χ0v) is 15.3. The fourth-order valence-electron chi connectivity index (χ4n) is 2.77. The van der Waals surface area contributed by atoms with E-state index in [0.29, 0.717) is 11.3 Å². The van der Waals surface area contributed by atoms with E-state index in [9.17, 15) is 9.90 Å². The highest BCUT2D eigenvalue weighted by Gasteiger charge is 2.11. The number of nitrogens with two attached hydrogens (primary N) is 1. The lowest BCUT2D eigenvalue weighted by molar-refractivity contribution is 0.0696. The van der Waals surface area contributed by atoms with E-state index in [0.717, 1.165) is 22.2 Å². The second kappa shape index (κ2) is 7.33. The molecule has 0 amide bonds. The van der Waals surface area contributed by atoms with Crippen molar-refractivity contribution in [2.75, 3.05) is 0 Å². The number of carboxylic acid groups (broad SMARTS) is 1. The Morgan fingerprint density at radius 1 is 1.07 bits per heavy atom. The maximum atomic E-state index is 11.4. The largest absolute Gasteiger partial charge is 0.478 e. The van der Waals surface area contributed by atoms with Gasteiger partial charge in [0.15, 0.2) is 0 Å². The van der Waals surface area contributed by atoms with Crippen molar-refractivity contribution in [1.29, 1.82) is 0 Å². The molecule has 0 spiro atoms. The summed E-state index contributed by atoms with van der Waals surface area (Å²) in [6.45, 7) is 5.57. The molecule has 0 bridgehead atoms.